The van der Waals surface area contributed by atoms with E-state index in [1.54, 1.807) is 18.2 Å². The number of nitrogen functional groups attached to an aromatic ring is 1. The first-order valence-corrected chi connectivity index (χ1v) is 5.83. The summed E-state index contributed by atoms with van der Waals surface area (Å²) in [6.45, 7) is 0. The van der Waals surface area contributed by atoms with Gasteiger partial charge in [-0.3, -0.25) is 0 Å². The molecule has 0 atom stereocenters. The molecule has 0 bridgehead atoms. The monoisotopic (exact) mass is 252 g/mol. The van der Waals surface area contributed by atoms with Crippen LogP contribution >= 0.6 is 0 Å². The minimum Gasteiger partial charge on any atom is -0.507 e. The van der Waals surface area contributed by atoms with Crippen LogP contribution in [0.4, 0.5) is 5.69 Å². The molecule has 3 aromatic rings. The maximum atomic E-state index is 9.83. The van der Waals surface area contributed by atoms with Gasteiger partial charge in [-0.05, 0) is 30.3 Å². The Morgan fingerprint density at radius 2 is 1.58 bits per heavy atom. The molecule has 0 spiro atoms. The zero-order valence-corrected chi connectivity index (χ0v) is 10.0. The first-order valence-electron chi connectivity index (χ1n) is 5.83. The number of pyridine rings is 1. The van der Waals surface area contributed by atoms with Crippen LogP contribution in [0.5, 0.6) is 11.5 Å². The van der Waals surface area contributed by atoms with Gasteiger partial charge in [0.15, 0.2) is 0 Å². The summed E-state index contributed by atoms with van der Waals surface area (Å²) in [6.07, 6.45) is 0. The van der Waals surface area contributed by atoms with E-state index in [1.165, 1.54) is 12.1 Å². The van der Waals surface area contributed by atoms with Gasteiger partial charge in [0.05, 0.1) is 5.69 Å². The summed E-state index contributed by atoms with van der Waals surface area (Å²) in [6, 6.07) is 13.7. The average Bonchev–Trinajstić information content (AvgIpc) is 2.43. The van der Waals surface area contributed by atoms with Gasteiger partial charge in [-0.15, -0.1) is 0 Å². The van der Waals surface area contributed by atoms with Gasteiger partial charge < -0.3 is 15.9 Å². The topological polar surface area (TPSA) is 79.4 Å². The smallest absolute Gasteiger partial charge is 0.142 e. The molecular weight excluding hydrogens is 240 g/mol. The fraction of sp³-hybridized carbons (Fsp3) is 0. The molecule has 4 heteroatoms. The number of nitrogens with two attached hydrogens (primary N) is 1. The second-order valence-corrected chi connectivity index (χ2v) is 4.28. The van der Waals surface area contributed by atoms with E-state index < -0.39 is 0 Å². The zero-order valence-electron chi connectivity index (χ0n) is 10.0. The highest BCUT2D eigenvalue weighted by Crippen LogP contribution is 2.33. The Bertz CT molecular complexity index is 769. The summed E-state index contributed by atoms with van der Waals surface area (Å²) >= 11 is 0. The normalized spacial score (nSPS) is 10.7. The van der Waals surface area contributed by atoms with Crippen LogP contribution in [-0.2, 0) is 0 Å². The van der Waals surface area contributed by atoms with Gasteiger partial charge in [-0.25, -0.2) is 4.98 Å². The number of benzene rings is 2. The van der Waals surface area contributed by atoms with Crippen LogP contribution < -0.4 is 5.73 Å². The highest BCUT2D eigenvalue weighted by molar-refractivity contribution is 5.91. The van der Waals surface area contributed by atoms with Crippen molar-refractivity contribution in [3.63, 3.8) is 0 Å². The molecule has 4 N–H and O–H groups in total. The molecule has 1 aromatic heterocycles. The Hall–Kier alpha value is -2.75. The summed E-state index contributed by atoms with van der Waals surface area (Å²) in [5.41, 5.74) is 8.35. The third-order valence-corrected chi connectivity index (χ3v) is 3.05. The molecule has 0 aliphatic carbocycles. The first kappa shape index (κ1) is 11.3. The molecule has 0 radical (unpaired) electrons. The van der Waals surface area contributed by atoms with Crippen molar-refractivity contribution < 1.29 is 10.2 Å². The number of aromatic hydroxyl groups is 2. The van der Waals surface area contributed by atoms with Crippen LogP contribution in [0.25, 0.3) is 22.2 Å². The minimum atomic E-state index is 0.0316. The van der Waals surface area contributed by atoms with Gasteiger partial charge in [0.1, 0.15) is 17.0 Å². The lowest BCUT2D eigenvalue weighted by Crippen LogP contribution is -1.92. The molecule has 2 aromatic carbocycles. The highest BCUT2D eigenvalue weighted by atomic mass is 16.3. The second-order valence-electron chi connectivity index (χ2n) is 4.28. The summed E-state index contributed by atoms with van der Waals surface area (Å²) in [5.74, 6) is 0.122. The predicted molar refractivity (Wildman–Crippen MR) is 74.9 cm³/mol. The van der Waals surface area contributed by atoms with E-state index in [2.05, 4.69) is 4.98 Å². The van der Waals surface area contributed by atoms with Gasteiger partial charge in [-0.1, -0.05) is 18.2 Å². The standard InChI is InChI=1S/C15H12N2O2/c16-11-4-2-1-3-9(11)12-6-5-10-13(18)7-8-14(19)15(10)17-12/h1-8,18-19H,16H2. The number of fused-ring (bicyclic) bond motifs is 1. The van der Waals surface area contributed by atoms with Gasteiger partial charge in [0, 0.05) is 16.6 Å². The fourth-order valence-electron chi connectivity index (χ4n) is 2.07. The van der Waals surface area contributed by atoms with Crippen LogP contribution in [0.15, 0.2) is 48.5 Å². The van der Waals surface area contributed by atoms with E-state index in [0.717, 1.165) is 5.56 Å². The number of nitrogens with zero attached hydrogens (tertiary/aromatic N) is 1. The molecule has 0 aliphatic rings. The quantitative estimate of drug-likeness (QED) is 0.459. The Morgan fingerprint density at radius 1 is 0.842 bits per heavy atom. The Balaban J connectivity index is 2.28. The molecule has 0 amide bonds. The van der Waals surface area contributed by atoms with Crippen molar-refractivity contribution in [1.82, 2.24) is 4.98 Å². The van der Waals surface area contributed by atoms with E-state index >= 15 is 0 Å². The Labute approximate surface area is 109 Å². The molecular formula is C15H12N2O2. The predicted octanol–water partition coefficient (Wildman–Crippen LogP) is 2.90. The molecule has 0 saturated carbocycles. The van der Waals surface area contributed by atoms with Crippen molar-refractivity contribution >= 4 is 16.6 Å². The molecule has 1 heterocycles. The van der Waals surface area contributed by atoms with E-state index in [0.29, 0.717) is 22.3 Å². The number of aromatic nitrogens is 1. The summed E-state index contributed by atoms with van der Waals surface area (Å²) in [4.78, 5) is 4.38. The van der Waals surface area contributed by atoms with Crippen LogP contribution in [-0.4, -0.2) is 15.2 Å². The molecule has 94 valence electrons. The van der Waals surface area contributed by atoms with Gasteiger partial charge >= 0.3 is 0 Å². The number of rotatable bonds is 1. The Morgan fingerprint density at radius 3 is 2.37 bits per heavy atom. The molecule has 3 rings (SSSR count). The molecule has 4 nitrogen and oxygen atoms in total. The number of hydrogen-bond donors (Lipinski definition) is 3. The maximum Gasteiger partial charge on any atom is 0.142 e. The van der Waals surface area contributed by atoms with Crippen molar-refractivity contribution in [2.75, 3.05) is 5.73 Å². The molecule has 0 fully saturated rings. The lowest BCUT2D eigenvalue weighted by Gasteiger charge is -2.08. The number of para-hydroxylation sites is 1. The molecule has 0 aliphatic heterocycles. The van der Waals surface area contributed by atoms with Crippen molar-refractivity contribution in [3.8, 4) is 22.8 Å². The minimum absolute atomic E-state index is 0.0316. The van der Waals surface area contributed by atoms with Crippen molar-refractivity contribution in [2.24, 2.45) is 0 Å². The number of anilines is 1. The SMILES string of the molecule is Nc1ccccc1-c1ccc2c(O)ccc(O)c2n1. The Kier molecular flexibility index (Phi) is 2.49. The van der Waals surface area contributed by atoms with Gasteiger partial charge in [0.2, 0.25) is 0 Å². The van der Waals surface area contributed by atoms with Crippen LogP contribution in [0, 0.1) is 0 Å². The lowest BCUT2D eigenvalue weighted by atomic mass is 10.1. The zero-order chi connectivity index (χ0) is 13.4. The highest BCUT2D eigenvalue weighted by Gasteiger charge is 2.09. The first-order chi connectivity index (χ1) is 9.16. The van der Waals surface area contributed by atoms with E-state index in [4.69, 9.17) is 5.73 Å². The van der Waals surface area contributed by atoms with E-state index in [1.807, 2.05) is 18.2 Å². The van der Waals surface area contributed by atoms with Crippen LogP contribution in [0.1, 0.15) is 0 Å². The van der Waals surface area contributed by atoms with Crippen molar-refractivity contribution in [3.05, 3.63) is 48.5 Å². The summed E-state index contributed by atoms with van der Waals surface area (Å²) < 4.78 is 0. The third-order valence-electron chi connectivity index (χ3n) is 3.05. The lowest BCUT2D eigenvalue weighted by molar-refractivity contribution is 0.468. The average molecular weight is 252 g/mol. The van der Waals surface area contributed by atoms with E-state index in [9.17, 15) is 10.2 Å². The number of phenols is 2. The summed E-state index contributed by atoms with van der Waals surface area (Å²) in [5, 5.41) is 20.1. The van der Waals surface area contributed by atoms with Crippen LogP contribution in [0.2, 0.25) is 0 Å². The maximum absolute atomic E-state index is 9.83. The van der Waals surface area contributed by atoms with Gasteiger partial charge in [-0.2, -0.15) is 0 Å². The summed E-state index contributed by atoms with van der Waals surface area (Å²) in [7, 11) is 0. The molecule has 0 unspecified atom stereocenters. The van der Waals surface area contributed by atoms with Gasteiger partial charge in [0.25, 0.3) is 0 Å². The molecule has 19 heavy (non-hydrogen) atoms. The largest absolute Gasteiger partial charge is 0.507 e. The van der Waals surface area contributed by atoms with E-state index in [-0.39, 0.29) is 11.5 Å². The third kappa shape index (κ3) is 1.83. The van der Waals surface area contributed by atoms with Crippen molar-refractivity contribution in [2.45, 2.75) is 0 Å². The fourth-order valence-corrected chi connectivity index (χ4v) is 2.07. The second kappa shape index (κ2) is 4.17. The number of hydrogen-bond acceptors (Lipinski definition) is 4. The van der Waals surface area contributed by atoms with Crippen molar-refractivity contribution in [1.29, 1.82) is 0 Å². The molecule has 0 saturated heterocycles. The van der Waals surface area contributed by atoms with Crippen LogP contribution in [0.3, 0.4) is 0 Å². The number of phenolic OH excluding ortho intramolecular Hbond substituents is 2.